The third-order valence-corrected chi connectivity index (χ3v) is 11.5. The Morgan fingerprint density at radius 3 is 1.24 bits per heavy atom. The molecule has 0 unspecified atom stereocenters. The number of hydrogen-bond donors (Lipinski definition) is 0. The zero-order valence-electron chi connectivity index (χ0n) is 39.0. The highest BCUT2D eigenvalue weighted by molar-refractivity contribution is 5.75. The van der Waals surface area contributed by atoms with Gasteiger partial charge in [-0.2, -0.15) is 0 Å². The molecular weight excluding hydrogens is 853 g/mol. The van der Waals surface area contributed by atoms with E-state index in [1.165, 1.54) is 0 Å². The smallest absolute Gasteiger partial charge is 0.311 e. The summed E-state index contributed by atoms with van der Waals surface area (Å²) in [7, 11) is 0. The number of hydrogen-bond acceptors (Lipinski definition) is 9. The third kappa shape index (κ3) is 13.5. The lowest BCUT2D eigenvalue weighted by molar-refractivity contribution is -0.271. The highest BCUT2D eigenvalue weighted by Gasteiger charge is 2.52. The molecule has 1 aliphatic heterocycles. The van der Waals surface area contributed by atoms with E-state index in [0.717, 1.165) is 33.4 Å². The van der Waals surface area contributed by atoms with Gasteiger partial charge in [0, 0.05) is 12.1 Å². The first-order chi connectivity index (χ1) is 33.3. The fourth-order valence-corrected chi connectivity index (χ4v) is 7.89. The molecule has 0 spiro atoms. The molecule has 0 saturated carbocycles. The summed E-state index contributed by atoms with van der Waals surface area (Å²) in [5.41, 5.74) is 5.44. The van der Waals surface area contributed by atoms with Crippen molar-refractivity contribution < 1.29 is 42.7 Å². The van der Waals surface area contributed by atoms with Crippen molar-refractivity contribution in [1.82, 2.24) is 0 Å². The van der Waals surface area contributed by atoms with Crippen molar-refractivity contribution in [3.63, 3.8) is 0 Å². The predicted molar refractivity (Wildman–Crippen MR) is 262 cm³/mol. The largest absolute Gasteiger partial charge is 0.489 e. The minimum Gasteiger partial charge on any atom is -0.489 e. The van der Waals surface area contributed by atoms with E-state index in [0.29, 0.717) is 36.0 Å². The van der Waals surface area contributed by atoms with E-state index in [9.17, 15) is 4.79 Å². The molecule has 0 N–H and O–H groups in total. The maximum Gasteiger partial charge on any atom is 0.311 e. The van der Waals surface area contributed by atoms with E-state index >= 15 is 0 Å². The molecule has 5 atom stereocenters. The number of benzene rings is 7. The first kappa shape index (κ1) is 47.7. The Balaban J connectivity index is 1.28. The van der Waals surface area contributed by atoms with Crippen LogP contribution in [-0.2, 0) is 68.1 Å². The molecule has 1 aliphatic rings. The van der Waals surface area contributed by atoms with Gasteiger partial charge >= 0.3 is 5.97 Å². The third-order valence-electron chi connectivity index (χ3n) is 11.5. The molecule has 0 amide bonds. The summed E-state index contributed by atoms with van der Waals surface area (Å²) in [6.07, 6.45) is -4.50. The Bertz CT molecular complexity index is 2510. The summed E-state index contributed by atoms with van der Waals surface area (Å²) in [4.78, 5) is 14.4. The zero-order chi connectivity index (χ0) is 47.0. The van der Waals surface area contributed by atoms with Crippen molar-refractivity contribution in [2.75, 3.05) is 6.61 Å². The Morgan fingerprint density at radius 2 is 0.824 bits per heavy atom. The minimum absolute atomic E-state index is 0.120. The quantitative estimate of drug-likeness (QED) is 0.0654. The molecule has 0 aliphatic carbocycles. The van der Waals surface area contributed by atoms with Gasteiger partial charge in [0.05, 0.1) is 37.4 Å². The van der Waals surface area contributed by atoms with Crippen molar-refractivity contribution in [2.24, 2.45) is 5.41 Å². The lowest BCUT2D eigenvalue weighted by atomic mass is 9.88. The van der Waals surface area contributed by atoms with Crippen molar-refractivity contribution in [3.8, 4) is 17.2 Å². The Kier molecular flexibility index (Phi) is 16.7. The summed E-state index contributed by atoms with van der Waals surface area (Å²) in [6, 6.07) is 63.5. The molecule has 0 aromatic heterocycles. The lowest BCUT2D eigenvalue weighted by Gasteiger charge is -2.47. The van der Waals surface area contributed by atoms with Gasteiger partial charge < -0.3 is 37.9 Å². The van der Waals surface area contributed by atoms with Crippen LogP contribution in [0.4, 0.5) is 0 Å². The highest BCUT2D eigenvalue weighted by atomic mass is 16.6. The fourth-order valence-electron chi connectivity index (χ4n) is 7.89. The van der Waals surface area contributed by atoms with Gasteiger partial charge in [0.25, 0.3) is 0 Å². The number of ether oxygens (including phenoxy) is 8. The average molecular weight is 913 g/mol. The van der Waals surface area contributed by atoms with Gasteiger partial charge in [-0.1, -0.05) is 182 Å². The molecule has 8 rings (SSSR count). The van der Waals surface area contributed by atoms with Crippen LogP contribution in [0.25, 0.3) is 0 Å². The number of rotatable bonds is 21. The van der Waals surface area contributed by atoms with E-state index < -0.39 is 41.9 Å². The molecular formula is C59H60O9. The van der Waals surface area contributed by atoms with Gasteiger partial charge in [0.2, 0.25) is 0 Å². The summed E-state index contributed by atoms with van der Waals surface area (Å²) in [5, 5.41) is 0. The van der Waals surface area contributed by atoms with Crippen LogP contribution in [0.2, 0.25) is 0 Å². The van der Waals surface area contributed by atoms with E-state index in [1.807, 2.05) is 215 Å². The zero-order valence-corrected chi connectivity index (χ0v) is 39.0. The van der Waals surface area contributed by atoms with Gasteiger partial charge in [0.15, 0.2) is 6.10 Å². The first-order valence-corrected chi connectivity index (χ1v) is 23.2. The second-order valence-corrected chi connectivity index (χ2v) is 17.9. The van der Waals surface area contributed by atoms with E-state index in [1.54, 1.807) is 0 Å². The van der Waals surface area contributed by atoms with Gasteiger partial charge in [-0.05, 0) is 54.2 Å². The molecule has 7 aromatic rings. The van der Waals surface area contributed by atoms with Crippen LogP contribution in [0.3, 0.4) is 0 Å². The van der Waals surface area contributed by atoms with Crippen LogP contribution in [0.5, 0.6) is 17.2 Å². The van der Waals surface area contributed by atoms with Crippen LogP contribution in [-0.4, -0.2) is 37.0 Å². The van der Waals surface area contributed by atoms with Crippen molar-refractivity contribution >= 4 is 5.97 Å². The molecule has 9 nitrogen and oxygen atoms in total. The fraction of sp³-hybridized carbons (Fsp3) is 0.271. The molecule has 7 aromatic carbocycles. The highest BCUT2D eigenvalue weighted by Crippen LogP contribution is 2.48. The van der Waals surface area contributed by atoms with Gasteiger partial charge in [0.1, 0.15) is 61.5 Å². The molecule has 68 heavy (non-hydrogen) atoms. The normalized spacial score (nSPS) is 18.1. The number of carbonyl (C=O) groups excluding carboxylic acids is 1. The van der Waals surface area contributed by atoms with Crippen LogP contribution in [0.15, 0.2) is 194 Å². The summed E-state index contributed by atoms with van der Waals surface area (Å²) >= 11 is 0. The van der Waals surface area contributed by atoms with E-state index in [-0.39, 0.29) is 33.0 Å². The standard InChI is InChI=1S/C59H60O9/c1-59(2,3)58(60)68-57-55(67-52(42-61-36-43-22-10-4-11-23-43)54(65-40-47-30-18-8-19-31-47)56(57)66-41-48-32-20-9-21-33-48)53-50(63-38-45-26-14-6-15-27-45)34-49(62-37-44-24-12-5-13-25-44)35-51(53)64-39-46-28-16-7-17-29-46/h4-35,52,54-57H,36-42H2,1-3H3/t52-,54-,55+,56+,57+/m1/s1. The molecule has 350 valence electrons. The molecule has 1 saturated heterocycles. The summed E-state index contributed by atoms with van der Waals surface area (Å²) in [5.74, 6) is 0.940. The molecule has 1 heterocycles. The Labute approximate surface area is 400 Å². The molecule has 0 bridgehead atoms. The van der Waals surface area contributed by atoms with Crippen LogP contribution in [0.1, 0.15) is 65.8 Å². The maximum atomic E-state index is 14.4. The molecule has 1 fully saturated rings. The van der Waals surface area contributed by atoms with Crippen LogP contribution >= 0.6 is 0 Å². The molecule has 0 radical (unpaired) electrons. The Hall–Kier alpha value is -6.75. The monoisotopic (exact) mass is 912 g/mol. The van der Waals surface area contributed by atoms with Gasteiger partial charge in [-0.3, -0.25) is 4.79 Å². The minimum atomic E-state index is -1.08. The second-order valence-electron chi connectivity index (χ2n) is 17.9. The number of carbonyl (C=O) groups is 1. The maximum absolute atomic E-state index is 14.4. The van der Waals surface area contributed by atoms with Crippen molar-refractivity contribution in [2.45, 2.75) is 90.9 Å². The van der Waals surface area contributed by atoms with Crippen LogP contribution < -0.4 is 14.2 Å². The predicted octanol–water partition coefficient (Wildman–Crippen LogP) is 12.2. The number of esters is 1. The SMILES string of the molecule is CC(C)(C)C(=O)O[C@@H]1[C@@H](OCc2ccccc2)[C@H](OCc2ccccc2)[C@@H](COCc2ccccc2)O[C@H]1c1c(OCc2ccccc2)cc(OCc2ccccc2)cc1OCc1ccccc1. The second kappa shape index (κ2) is 23.8. The van der Waals surface area contributed by atoms with Crippen LogP contribution in [0, 0.1) is 5.41 Å². The van der Waals surface area contributed by atoms with Crippen molar-refractivity contribution in [3.05, 3.63) is 233 Å². The van der Waals surface area contributed by atoms with E-state index in [2.05, 4.69) is 0 Å². The molecule has 9 heteroatoms. The van der Waals surface area contributed by atoms with Crippen molar-refractivity contribution in [1.29, 1.82) is 0 Å². The topological polar surface area (TPSA) is 90.9 Å². The van der Waals surface area contributed by atoms with E-state index in [4.69, 9.17) is 37.9 Å². The Morgan fingerprint density at radius 1 is 0.456 bits per heavy atom. The van der Waals surface area contributed by atoms with Gasteiger partial charge in [-0.15, -0.1) is 0 Å². The lowest BCUT2D eigenvalue weighted by Crippen LogP contribution is -2.59. The summed E-state index contributed by atoms with van der Waals surface area (Å²) in [6.45, 7) is 7.13. The van der Waals surface area contributed by atoms with Gasteiger partial charge in [-0.25, -0.2) is 0 Å². The average Bonchev–Trinajstić information content (AvgIpc) is 3.37. The summed E-state index contributed by atoms with van der Waals surface area (Å²) < 4.78 is 54.9. The first-order valence-electron chi connectivity index (χ1n) is 23.2.